The number of nitrogens with two attached hydrogens (primary N) is 1. The minimum absolute atomic E-state index is 0. The molecule has 1 atom stereocenters. The monoisotopic (exact) mass is 364 g/mol. The van der Waals surface area contributed by atoms with E-state index in [2.05, 4.69) is 5.32 Å². The van der Waals surface area contributed by atoms with Gasteiger partial charge in [0, 0.05) is 11.6 Å². The number of carbonyl (C=O) groups excluding carboxylic acids is 1. The Kier molecular flexibility index (Phi) is 7.91. The molecule has 0 radical (unpaired) electrons. The Balaban J connectivity index is 0.00000312. The number of carbonyl (C=O) groups is 2. The summed E-state index contributed by atoms with van der Waals surface area (Å²) in [6, 6.07) is 14.0. The Bertz CT molecular complexity index is 722. The minimum atomic E-state index is -1.01. The molecule has 7 heteroatoms. The summed E-state index contributed by atoms with van der Waals surface area (Å²) in [6.45, 7) is -0.200. The van der Waals surface area contributed by atoms with Crippen molar-refractivity contribution in [3.8, 4) is 16.9 Å². The fourth-order valence-electron chi connectivity index (χ4n) is 2.52. The molecule has 25 heavy (non-hydrogen) atoms. The molecule has 0 saturated carbocycles. The van der Waals surface area contributed by atoms with Gasteiger partial charge in [-0.1, -0.05) is 42.5 Å². The zero-order valence-electron chi connectivity index (χ0n) is 13.5. The van der Waals surface area contributed by atoms with E-state index < -0.39 is 17.9 Å². The Hall–Kier alpha value is -2.57. The fourth-order valence-corrected chi connectivity index (χ4v) is 2.52. The number of hydrogen-bond donors (Lipinski definition) is 4. The van der Waals surface area contributed by atoms with E-state index >= 15 is 0 Å². The van der Waals surface area contributed by atoms with Crippen molar-refractivity contribution in [2.45, 2.75) is 18.9 Å². The predicted molar refractivity (Wildman–Crippen MR) is 97.7 cm³/mol. The van der Waals surface area contributed by atoms with Crippen LogP contribution >= 0.6 is 12.4 Å². The van der Waals surface area contributed by atoms with Crippen LogP contribution in [0.4, 0.5) is 0 Å². The number of aromatic hydroxyl groups is 1. The molecule has 0 bridgehead atoms. The van der Waals surface area contributed by atoms with E-state index in [1.54, 1.807) is 12.1 Å². The summed E-state index contributed by atoms with van der Waals surface area (Å²) in [5, 5.41) is 21.8. The maximum atomic E-state index is 11.4. The highest BCUT2D eigenvalue weighted by Crippen LogP contribution is 2.30. The molecule has 6 nitrogen and oxygen atoms in total. The molecule has 0 aliphatic heterocycles. The molecule has 1 amide bonds. The molecule has 2 rings (SSSR count). The van der Waals surface area contributed by atoms with Gasteiger partial charge in [0.1, 0.15) is 5.75 Å². The summed E-state index contributed by atoms with van der Waals surface area (Å²) in [5.74, 6) is -1.31. The summed E-state index contributed by atoms with van der Waals surface area (Å²) >= 11 is 0. The highest BCUT2D eigenvalue weighted by atomic mass is 35.5. The third-order valence-electron chi connectivity index (χ3n) is 3.60. The molecule has 0 fully saturated rings. The third kappa shape index (κ3) is 6.10. The second kappa shape index (κ2) is 9.66. The number of aliphatic carboxylic acids is 1. The lowest BCUT2D eigenvalue weighted by molar-refractivity contribution is -0.137. The molecule has 0 aliphatic carbocycles. The van der Waals surface area contributed by atoms with Gasteiger partial charge in [0.15, 0.2) is 0 Å². The fraction of sp³-hybridized carbons (Fsp3) is 0.222. The molecule has 2 aromatic rings. The molecule has 5 N–H and O–H groups in total. The maximum Gasteiger partial charge on any atom is 0.305 e. The summed E-state index contributed by atoms with van der Waals surface area (Å²) in [6.07, 6.45) is 0.0770. The molecule has 0 spiro atoms. The van der Waals surface area contributed by atoms with Crippen molar-refractivity contribution in [1.82, 2.24) is 5.32 Å². The van der Waals surface area contributed by atoms with E-state index in [4.69, 9.17) is 10.8 Å². The number of carboxylic acid groups (broad SMARTS) is 1. The summed E-state index contributed by atoms with van der Waals surface area (Å²) in [5.41, 5.74) is 7.57. The average Bonchev–Trinajstić information content (AvgIpc) is 2.55. The Morgan fingerprint density at radius 1 is 1.12 bits per heavy atom. The number of carboxylic acids is 1. The van der Waals surface area contributed by atoms with Gasteiger partial charge in [0.05, 0.1) is 13.0 Å². The molecule has 0 aliphatic rings. The number of rotatable bonds is 7. The van der Waals surface area contributed by atoms with Crippen LogP contribution in [0.3, 0.4) is 0 Å². The van der Waals surface area contributed by atoms with E-state index in [9.17, 15) is 14.7 Å². The number of phenolic OH excluding ortho intramolecular Hbond substituents is 1. The molecule has 0 saturated heterocycles. The predicted octanol–water partition coefficient (Wildman–Crippen LogP) is 1.94. The van der Waals surface area contributed by atoms with Crippen molar-refractivity contribution in [3.63, 3.8) is 0 Å². The second-order valence-electron chi connectivity index (χ2n) is 5.49. The number of hydrogen-bond acceptors (Lipinski definition) is 4. The van der Waals surface area contributed by atoms with Gasteiger partial charge >= 0.3 is 5.97 Å². The third-order valence-corrected chi connectivity index (χ3v) is 3.60. The number of benzene rings is 2. The lowest BCUT2D eigenvalue weighted by atomic mass is 9.98. The Morgan fingerprint density at radius 3 is 2.36 bits per heavy atom. The van der Waals surface area contributed by atoms with Crippen molar-refractivity contribution in [2.75, 3.05) is 6.54 Å². The Morgan fingerprint density at radius 2 is 1.80 bits per heavy atom. The number of halogens is 1. The van der Waals surface area contributed by atoms with Crippen LogP contribution in [0.25, 0.3) is 11.1 Å². The number of nitrogens with one attached hydrogen (secondary N) is 1. The van der Waals surface area contributed by atoms with Gasteiger partial charge in [-0.3, -0.25) is 9.59 Å². The molecule has 1 unspecified atom stereocenters. The van der Waals surface area contributed by atoms with Gasteiger partial charge in [-0.2, -0.15) is 0 Å². The van der Waals surface area contributed by atoms with Gasteiger partial charge < -0.3 is 21.3 Å². The van der Waals surface area contributed by atoms with Crippen LogP contribution in [-0.4, -0.2) is 34.7 Å². The smallest absolute Gasteiger partial charge is 0.305 e. The van der Waals surface area contributed by atoms with Crippen LogP contribution in [0, 0.1) is 0 Å². The summed E-state index contributed by atoms with van der Waals surface area (Å²) in [4.78, 5) is 22.4. The minimum Gasteiger partial charge on any atom is -0.507 e. The molecular formula is C18H21ClN2O4. The number of phenols is 1. The van der Waals surface area contributed by atoms with Crippen molar-refractivity contribution < 1.29 is 19.8 Å². The van der Waals surface area contributed by atoms with Gasteiger partial charge in [0.2, 0.25) is 5.91 Å². The van der Waals surface area contributed by atoms with Crippen LogP contribution in [0.2, 0.25) is 0 Å². The lowest BCUT2D eigenvalue weighted by Crippen LogP contribution is -2.41. The van der Waals surface area contributed by atoms with Crippen molar-refractivity contribution >= 4 is 24.3 Å². The zero-order chi connectivity index (χ0) is 17.5. The maximum absolute atomic E-state index is 11.4. The number of amides is 1. The topological polar surface area (TPSA) is 113 Å². The van der Waals surface area contributed by atoms with E-state index in [1.807, 2.05) is 36.4 Å². The normalized spacial score (nSPS) is 11.2. The second-order valence-corrected chi connectivity index (χ2v) is 5.49. The van der Waals surface area contributed by atoms with Crippen LogP contribution in [-0.2, 0) is 16.0 Å². The average molecular weight is 365 g/mol. The van der Waals surface area contributed by atoms with Crippen LogP contribution in [0.1, 0.15) is 12.0 Å². The van der Waals surface area contributed by atoms with Gasteiger partial charge in [-0.05, 0) is 23.6 Å². The van der Waals surface area contributed by atoms with Crippen molar-refractivity contribution in [3.05, 3.63) is 54.1 Å². The van der Waals surface area contributed by atoms with Crippen LogP contribution in [0.5, 0.6) is 5.75 Å². The van der Waals surface area contributed by atoms with Gasteiger partial charge in [-0.25, -0.2) is 0 Å². The first kappa shape index (κ1) is 20.5. The van der Waals surface area contributed by atoms with Crippen LogP contribution < -0.4 is 11.1 Å². The molecular weight excluding hydrogens is 344 g/mol. The molecule has 0 aromatic heterocycles. The highest BCUT2D eigenvalue weighted by molar-refractivity contribution is 5.85. The first-order chi connectivity index (χ1) is 11.5. The highest BCUT2D eigenvalue weighted by Gasteiger charge is 2.17. The van der Waals surface area contributed by atoms with E-state index in [-0.39, 0.29) is 31.1 Å². The summed E-state index contributed by atoms with van der Waals surface area (Å²) in [7, 11) is 0. The van der Waals surface area contributed by atoms with E-state index in [0.29, 0.717) is 12.0 Å². The SMILES string of the molecule is Cl.NCC(=O)NC(CC(=O)O)Cc1ccc(-c2ccccc2)c(O)c1. The van der Waals surface area contributed by atoms with E-state index in [0.717, 1.165) is 11.1 Å². The largest absolute Gasteiger partial charge is 0.507 e. The Labute approximate surface area is 152 Å². The summed E-state index contributed by atoms with van der Waals surface area (Å²) < 4.78 is 0. The zero-order valence-corrected chi connectivity index (χ0v) is 14.3. The van der Waals surface area contributed by atoms with Crippen molar-refractivity contribution in [1.29, 1.82) is 0 Å². The quantitative estimate of drug-likeness (QED) is 0.599. The molecule has 134 valence electrons. The molecule has 2 aromatic carbocycles. The first-order valence-electron chi connectivity index (χ1n) is 7.58. The first-order valence-corrected chi connectivity index (χ1v) is 7.58. The van der Waals surface area contributed by atoms with Gasteiger partial charge in [0.25, 0.3) is 0 Å². The van der Waals surface area contributed by atoms with Crippen LogP contribution in [0.15, 0.2) is 48.5 Å². The standard InChI is InChI=1S/C18H20N2O4.ClH/c19-11-17(22)20-14(10-18(23)24)8-12-6-7-15(16(21)9-12)13-4-2-1-3-5-13;/h1-7,9,14,21H,8,10-11,19H2,(H,20,22)(H,23,24);1H. The van der Waals surface area contributed by atoms with E-state index in [1.165, 1.54) is 0 Å². The molecule has 0 heterocycles. The lowest BCUT2D eigenvalue weighted by Gasteiger charge is -2.17. The van der Waals surface area contributed by atoms with Crippen molar-refractivity contribution in [2.24, 2.45) is 5.73 Å². The van der Waals surface area contributed by atoms with Gasteiger partial charge in [-0.15, -0.1) is 12.4 Å².